The molecule has 1 saturated heterocycles. The lowest BCUT2D eigenvalue weighted by molar-refractivity contribution is 0.1000. The minimum atomic E-state index is -0.587. The molecule has 3 aromatic rings. The standard InChI is InChI=1S/C17H15F2N5O/c18-10-3-4-13(19)11(7-10)14-2-1-5-24(14)17-12-6-9(15(20)25)8-21-16(12)22-23-17/h3-4,6-8,14H,1-2,5H2,(H2,20,25)(H,21,22,23)/t14-/m1/s1. The van der Waals surface area contributed by atoms with Gasteiger partial charge in [-0.1, -0.05) is 0 Å². The number of aromatic amines is 1. The van der Waals surface area contributed by atoms with Gasteiger partial charge in [-0.15, -0.1) is 0 Å². The number of carbonyl (C=O) groups excluding carboxylic acids is 1. The van der Waals surface area contributed by atoms with Gasteiger partial charge in [0.15, 0.2) is 11.5 Å². The highest BCUT2D eigenvalue weighted by Gasteiger charge is 2.31. The second kappa shape index (κ2) is 5.80. The molecule has 4 rings (SSSR count). The number of nitrogens with two attached hydrogens (primary N) is 1. The third kappa shape index (κ3) is 2.59. The molecule has 3 heterocycles. The zero-order valence-electron chi connectivity index (χ0n) is 13.2. The maximum absolute atomic E-state index is 14.2. The van der Waals surface area contributed by atoms with Gasteiger partial charge >= 0.3 is 0 Å². The molecule has 0 bridgehead atoms. The fraction of sp³-hybridized carbons (Fsp3) is 0.235. The molecule has 0 radical (unpaired) electrons. The molecule has 1 aliphatic rings. The Labute approximate surface area is 141 Å². The molecule has 0 aliphatic carbocycles. The number of H-pyrrole nitrogens is 1. The van der Waals surface area contributed by atoms with Crippen molar-refractivity contribution >= 4 is 22.8 Å². The van der Waals surface area contributed by atoms with E-state index in [1.807, 2.05) is 4.90 Å². The number of primary amides is 1. The van der Waals surface area contributed by atoms with Crippen molar-refractivity contribution < 1.29 is 13.6 Å². The molecule has 25 heavy (non-hydrogen) atoms. The van der Waals surface area contributed by atoms with Crippen LogP contribution in [0.1, 0.15) is 34.8 Å². The molecule has 0 spiro atoms. The van der Waals surface area contributed by atoms with Crippen molar-refractivity contribution in [3.05, 3.63) is 53.2 Å². The van der Waals surface area contributed by atoms with E-state index in [-0.39, 0.29) is 11.6 Å². The number of carbonyl (C=O) groups is 1. The summed E-state index contributed by atoms with van der Waals surface area (Å²) in [5.41, 5.74) is 6.39. The molecular formula is C17H15F2N5O. The van der Waals surface area contributed by atoms with Gasteiger partial charge in [0.1, 0.15) is 11.6 Å². The summed E-state index contributed by atoms with van der Waals surface area (Å²) >= 11 is 0. The third-order valence-corrected chi connectivity index (χ3v) is 4.52. The topological polar surface area (TPSA) is 87.9 Å². The minimum Gasteiger partial charge on any atom is -0.366 e. The van der Waals surface area contributed by atoms with E-state index in [4.69, 9.17) is 5.73 Å². The van der Waals surface area contributed by atoms with E-state index in [1.165, 1.54) is 12.3 Å². The molecule has 1 aromatic carbocycles. The molecule has 0 saturated carbocycles. The lowest BCUT2D eigenvalue weighted by Crippen LogP contribution is -2.24. The molecule has 3 N–H and O–H groups in total. The predicted octanol–water partition coefficient (Wildman–Crippen LogP) is 2.68. The Morgan fingerprint density at radius 3 is 2.96 bits per heavy atom. The summed E-state index contributed by atoms with van der Waals surface area (Å²) in [5, 5.41) is 7.71. The highest BCUT2D eigenvalue weighted by Crippen LogP contribution is 2.39. The van der Waals surface area contributed by atoms with Crippen molar-refractivity contribution in [2.24, 2.45) is 5.73 Å². The maximum atomic E-state index is 14.2. The van der Waals surface area contributed by atoms with Gasteiger partial charge in [-0.3, -0.25) is 9.89 Å². The maximum Gasteiger partial charge on any atom is 0.250 e. The van der Waals surface area contributed by atoms with Crippen molar-refractivity contribution in [2.45, 2.75) is 18.9 Å². The van der Waals surface area contributed by atoms with E-state index >= 15 is 0 Å². The fourth-order valence-corrected chi connectivity index (χ4v) is 3.36. The molecule has 128 valence electrons. The molecule has 0 unspecified atom stereocenters. The molecule has 1 atom stereocenters. The zero-order chi connectivity index (χ0) is 17.6. The molecule has 1 amide bonds. The number of nitrogens with one attached hydrogen (secondary N) is 1. The van der Waals surface area contributed by atoms with Gasteiger partial charge in [-0.25, -0.2) is 13.8 Å². The van der Waals surface area contributed by atoms with Gasteiger partial charge in [0.05, 0.1) is 17.0 Å². The number of nitrogens with zero attached hydrogens (tertiary/aromatic N) is 3. The smallest absolute Gasteiger partial charge is 0.250 e. The summed E-state index contributed by atoms with van der Waals surface area (Å²) in [6.45, 7) is 0.640. The van der Waals surface area contributed by atoms with Gasteiger partial charge in [-0.2, -0.15) is 5.10 Å². The number of aromatic nitrogens is 3. The summed E-state index contributed by atoms with van der Waals surface area (Å²) in [7, 11) is 0. The number of hydrogen-bond donors (Lipinski definition) is 2. The van der Waals surface area contributed by atoms with Crippen molar-refractivity contribution in [2.75, 3.05) is 11.4 Å². The number of hydrogen-bond acceptors (Lipinski definition) is 4. The fourth-order valence-electron chi connectivity index (χ4n) is 3.36. The van der Waals surface area contributed by atoms with Crippen LogP contribution in [-0.2, 0) is 0 Å². The van der Waals surface area contributed by atoms with Crippen LogP contribution in [0.25, 0.3) is 11.0 Å². The summed E-state index contributed by atoms with van der Waals surface area (Å²) < 4.78 is 27.8. The molecule has 1 fully saturated rings. The van der Waals surface area contributed by atoms with Crippen LogP contribution in [-0.4, -0.2) is 27.6 Å². The van der Waals surface area contributed by atoms with Crippen LogP contribution in [0.3, 0.4) is 0 Å². The molecular weight excluding hydrogens is 328 g/mol. The molecule has 2 aromatic heterocycles. The van der Waals surface area contributed by atoms with Crippen molar-refractivity contribution in [1.82, 2.24) is 15.2 Å². The van der Waals surface area contributed by atoms with Crippen LogP contribution >= 0.6 is 0 Å². The van der Waals surface area contributed by atoms with Crippen LogP contribution in [0.5, 0.6) is 0 Å². The number of fused-ring (bicyclic) bond motifs is 1. The van der Waals surface area contributed by atoms with Gasteiger partial charge < -0.3 is 10.6 Å². The minimum absolute atomic E-state index is 0.267. The predicted molar refractivity (Wildman–Crippen MR) is 88.1 cm³/mol. The average molecular weight is 343 g/mol. The van der Waals surface area contributed by atoms with Crippen LogP contribution in [0.15, 0.2) is 30.5 Å². The summed E-state index contributed by atoms with van der Waals surface area (Å²) in [6.07, 6.45) is 2.87. The highest BCUT2D eigenvalue weighted by atomic mass is 19.1. The van der Waals surface area contributed by atoms with Gasteiger partial charge in [0, 0.05) is 18.3 Å². The number of amides is 1. The van der Waals surface area contributed by atoms with Crippen LogP contribution in [0, 0.1) is 11.6 Å². The third-order valence-electron chi connectivity index (χ3n) is 4.52. The molecule has 6 nitrogen and oxygen atoms in total. The van der Waals surface area contributed by atoms with Gasteiger partial charge in [-0.05, 0) is 37.1 Å². The Hall–Kier alpha value is -3.03. The second-order valence-corrected chi connectivity index (χ2v) is 6.05. The van der Waals surface area contributed by atoms with Gasteiger partial charge in [0.25, 0.3) is 0 Å². The number of rotatable bonds is 3. The molecule has 1 aliphatic heterocycles. The van der Waals surface area contributed by atoms with Crippen molar-refractivity contribution in [1.29, 1.82) is 0 Å². The molecule has 8 heteroatoms. The Balaban J connectivity index is 1.80. The Bertz CT molecular complexity index is 971. The summed E-state index contributed by atoms with van der Waals surface area (Å²) in [5.74, 6) is -0.964. The first-order valence-electron chi connectivity index (χ1n) is 7.90. The van der Waals surface area contributed by atoms with E-state index in [1.54, 1.807) is 6.07 Å². The summed E-state index contributed by atoms with van der Waals surface area (Å²) in [6, 6.07) is 4.74. The van der Waals surface area contributed by atoms with Crippen molar-refractivity contribution in [3.63, 3.8) is 0 Å². The quantitative estimate of drug-likeness (QED) is 0.765. The van der Waals surface area contributed by atoms with E-state index in [2.05, 4.69) is 15.2 Å². The van der Waals surface area contributed by atoms with E-state index < -0.39 is 17.5 Å². The Morgan fingerprint density at radius 2 is 2.16 bits per heavy atom. The Kier molecular flexibility index (Phi) is 3.60. The number of halogens is 2. The van der Waals surface area contributed by atoms with E-state index in [0.29, 0.717) is 35.4 Å². The average Bonchev–Trinajstić information content (AvgIpc) is 3.22. The lowest BCUT2D eigenvalue weighted by Gasteiger charge is -2.25. The zero-order valence-corrected chi connectivity index (χ0v) is 13.2. The van der Waals surface area contributed by atoms with E-state index in [0.717, 1.165) is 18.6 Å². The summed E-state index contributed by atoms with van der Waals surface area (Å²) in [4.78, 5) is 17.5. The first-order chi connectivity index (χ1) is 12.0. The number of pyridine rings is 1. The van der Waals surface area contributed by atoms with Crippen LogP contribution in [0.4, 0.5) is 14.6 Å². The van der Waals surface area contributed by atoms with E-state index in [9.17, 15) is 13.6 Å². The first kappa shape index (κ1) is 15.5. The first-order valence-corrected chi connectivity index (χ1v) is 7.90. The normalized spacial score (nSPS) is 17.4. The number of benzene rings is 1. The van der Waals surface area contributed by atoms with Crippen LogP contribution in [0.2, 0.25) is 0 Å². The largest absolute Gasteiger partial charge is 0.366 e. The number of anilines is 1. The second-order valence-electron chi connectivity index (χ2n) is 6.05. The van der Waals surface area contributed by atoms with Crippen molar-refractivity contribution in [3.8, 4) is 0 Å². The monoisotopic (exact) mass is 343 g/mol. The SMILES string of the molecule is NC(=O)c1cnc2[nH]nc(N3CCC[C@@H]3c3cc(F)ccc3F)c2c1. The van der Waals surface area contributed by atoms with Crippen LogP contribution < -0.4 is 10.6 Å². The van der Waals surface area contributed by atoms with Gasteiger partial charge in [0.2, 0.25) is 5.91 Å². The Morgan fingerprint density at radius 1 is 1.32 bits per heavy atom. The highest BCUT2D eigenvalue weighted by molar-refractivity contribution is 5.98. The lowest BCUT2D eigenvalue weighted by atomic mass is 10.0.